The summed E-state index contributed by atoms with van der Waals surface area (Å²) in [6.07, 6.45) is 2.76. The molecule has 2 fully saturated rings. The molecule has 3 amide bonds. The van der Waals surface area contributed by atoms with Crippen molar-refractivity contribution in [2.45, 2.75) is 38.1 Å². The number of nitrogens with zero attached hydrogens (tertiary/aromatic N) is 2. The molecule has 0 bridgehead atoms. The monoisotopic (exact) mass is 554 g/mol. The van der Waals surface area contributed by atoms with Crippen molar-refractivity contribution >= 4 is 69.9 Å². The van der Waals surface area contributed by atoms with Crippen molar-refractivity contribution in [3.63, 3.8) is 0 Å². The molecule has 1 aliphatic carbocycles. The van der Waals surface area contributed by atoms with Gasteiger partial charge in [0, 0.05) is 21.5 Å². The molecule has 184 valence electrons. The molecule has 4 rings (SSSR count). The van der Waals surface area contributed by atoms with Gasteiger partial charge in [0.2, 0.25) is 0 Å². The van der Waals surface area contributed by atoms with Gasteiger partial charge in [0.05, 0.1) is 22.4 Å². The number of rotatable bonds is 7. The first-order valence-corrected chi connectivity index (χ1v) is 12.9. The quantitative estimate of drug-likeness (QED) is 0.236. The van der Waals surface area contributed by atoms with Crippen molar-refractivity contribution < 1.29 is 19.2 Å². The Hall–Kier alpha value is -2.12. The molecular formula is C25H22Cl4N2O4. The maximum Gasteiger partial charge on any atom is 0.275 e. The van der Waals surface area contributed by atoms with Crippen LogP contribution in [-0.4, -0.2) is 45.4 Å². The molecule has 0 spiro atoms. The Balaban J connectivity index is 1.83. The predicted molar refractivity (Wildman–Crippen MR) is 135 cm³/mol. The Bertz CT molecular complexity index is 1150. The van der Waals surface area contributed by atoms with Gasteiger partial charge in [-0.15, -0.1) is 11.6 Å². The second-order valence-electron chi connectivity index (χ2n) is 8.62. The minimum atomic E-state index is -1.22. The molecule has 1 heterocycles. The molecule has 0 radical (unpaired) electrons. The molecule has 0 N–H and O–H groups in total. The summed E-state index contributed by atoms with van der Waals surface area (Å²) in [5, 5.41) is 2.60. The summed E-state index contributed by atoms with van der Waals surface area (Å²) >= 11 is 24.4. The fraction of sp³-hybridized carbons (Fsp3) is 0.360. The van der Waals surface area contributed by atoms with Crippen LogP contribution >= 0.6 is 46.4 Å². The molecule has 35 heavy (non-hydrogen) atoms. The lowest BCUT2D eigenvalue weighted by atomic mass is 9.81. The number of alkyl halides is 1. The molecule has 2 aromatic carbocycles. The van der Waals surface area contributed by atoms with E-state index in [-0.39, 0.29) is 28.5 Å². The van der Waals surface area contributed by atoms with Crippen LogP contribution < -0.4 is 0 Å². The van der Waals surface area contributed by atoms with Crippen LogP contribution in [0.2, 0.25) is 15.1 Å². The first-order valence-electron chi connectivity index (χ1n) is 11.3. The third-order valence-electron chi connectivity index (χ3n) is 6.51. The average Bonchev–Trinajstić information content (AvgIpc) is 3.09. The van der Waals surface area contributed by atoms with E-state index in [1.54, 1.807) is 12.1 Å². The number of fused-ring (bicyclic) bond motifs is 1. The number of amides is 3. The van der Waals surface area contributed by atoms with E-state index in [1.165, 1.54) is 30.3 Å². The van der Waals surface area contributed by atoms with Crippen molar-refractivity contribution in [3.8, 4) is 0 Å². The van der Waals surface area contributed by atoms with E-state index < -0.39 is 41.4 Å². The van der Waals surface area contributed by atoms with E-state index in [1.807, 2.05) is 0 Å². The predicted octanol–water partition coefficient (Wildman–Crippen LogP) is 6.06. The zero-order chi connectivity index (χ0) is 25.3. The van der Waals surface area contributed by atoms with E-state index in [9.17, 15) is 19.2 Å². The maximum atomic E-state index is 13.9. The van der Waals surface area contributed by atoms with Gasteiger partial charge in [-0.05, 0) is 61.7 Å². The largest absolute Gasteiger partial charge is 0.292 e. The van der Waals surface area contributed by atoms with E-state index in [2.05, 4.69) is 0 Å². The average molecular weight is 556 g/mol. The highest BCUT2D eigenvalue weighted by molar-refractivity contribution is 6.37. The molecule has 3 atom stereocenters. The summed E-state index contributed by atoms with van der Waals surface area (Å²) in [4.78, 5) is 54.5. The van der Waals surface area contributed by atoms with Crippen LogP contribution in [0.3, 0.4) is 0 Å². The minimum absolute atomic E-state index is 0.00516. The molecule has 0 unspecified atom stereocenters. The number of hydrogen-bond donors (Lipinski definition) is 0. The van der Waals surface area contributed by atoms with Crippen LogP contribution in [0.5, 0.6) is 0 Å². The van der Waals surface area contributed by atoms with E-state index in [0.29, 0.717) is 22.9 Å². The second kappa shape index (κ2) is 10.9. The zero-order valence-electron chi connectivity index (χ0n) is 18.6. The third-order valence-corrected chi connectivity index (χ3v) is 7.53. The first-order chi connectivity index (χ1) is 16.7. The molecular weight excluding hydrogens is 534 g/mol. The van der Waals surface area contributed by atoms with Crippen molar-refractivity contribution in [2.24, 2.45) is 11.8 Å². The van der Waals surface area contributed by atoms with Crippen LogP contribution in [0.25, 0.3) is 0 Å². The summed E-state index contributed by atoms with van der Waals surface area (Å²) < 4.78 is 0. The Morgan fingerprint density at radius 2 is 1.49 bits per heavy atom. The SMILES string of the molecule is O=C(c1ccc(Cl)cc1)[C@@H](CCCl)N(C(=O)c1ccc(Cl)cc1Cl)N1C(=O)[C@H]2CCCC[C@H]2C1=O. The number of halogens is 4. The summed E-state index contributed by atoms with van der Waals surface area (Å²) in [6.45, 7) is 0. The van der Waals surface area contributed by atoms with Gasteiger partial charge in [0.1, 0.15) is 6.04 Å². The standard InChI is InChI=1S/C25H22Cl4N2O4/c26-12-11-21(22(32)14-5-7-15(27)8-6-14)30(25(35)19-10-9-16(28)13-20(19)29)31-23(33)17-3-1-2-4-18(17)24(31)34/h5-10,13,17-18,21H,1-4,11-12H2/t17-,18+,21-/m1/s1. The number of imide groups is 1. The van der Waals surface area contributed by atoms with Gasteiger partial charge in [0.15, 0.2) is 5.78 Å². The van der Waals surface area contributed by atoms with Crippen LogP contribution in [0, 0.1) is 11.8 Å². The normalized spacial score (nSPS) is 20.5. The van der Waals surface area contributed by atoms with Crippen molar-refractivity contribution in [2.75, 3.05) is 5.88 Å². The van der Waals surface area contributed by atoms with Crippen LogP contribution in [0.1, 0.15) is 52.8 Å². The number of carbonyl (C=O) groups is 4. The maximum absolute atomic E-state index is 13.9. The summed E-state index contributed by atoms with van der Waals surface area (Å²) in [5.41, 5.74) is 0.274. The van der Waals surface area contributed by atoms with E-state index in [0.717, 1.165) is 22.9 Å². The van der Waals surface area contributed by atoms with Gasteiger partial charge in [0.25, 0.3) is 17.7 Å². The molecule has 1 saturated heterocycles. The fourth-order valence-electron chi connectivity index (χ4n) is 4.79. The van der Waals surface area contributed by atoms with Gasteiger partial charge in [-0.2, -0.15) is 5.01 Å². The Labute approximate surface area is 223 Å². The molecule has 2 aromatic rings. The highest BCUT2D eigenvalue weighted by Gasteiger charge is 2.53. The van der Waals surface area contributed by atoms with Gasteiger partial charge in [-0.3, -0.25) is 19.2 Å². The van der Waals surface area contributed by atoms with E-state index in [4.69, 9.17) is 46.4 Å². The molecule has 1 aliphatic heterocycles. The van der Waals surface area contributed by atoms with E-state index >= 15 is 0 Å². The van der Waals surface area contributed by atoms with Crippen molar-refractivity contribution in [1.82, 2.24) is 10.0 Å². The smallest absolute Gasteiger partial charge is 0.275 e. The van der Waals surface area contributed by atoms with Gasteiger partial charge in [-0.1, -0.05) is 47.6 Å². The van der Waals surface area contributed by atoms with Crippen LogP contribution in [-0.2, 0) is 9.59 Å². The van der Waals surface area contributed by atoms with Gasteiger partial charge >= 0.3 is 0 Å². The third kappa shape index (κ3) is 5.08. The lowest BCUT2D eigenvalue weighted by Crippen LogP contribution is -2.57. The molecule has 6 nitrogen and oxygen atoms in total. The topological polar surface area (TPSA) is 74.8 Å². The molecule has 1 saturated carbocycles. The Morgan fingerprint density at radius 1 is 0.914 bits per heavy atom. The number of Topliss-reactive ketones (excluding diaryl/α,β-unsaturated/α-hetero) is 1. The number of carbonyl (C=O) groups excluding carboxylic acids is 4. The van der Waals surface area contributed by atoms with Gasteiger partial charge < -0.3 is 0 Å². The lowest BCUT2D eigenvalue weighted by Gasteiger charge is -2.36. The Kier molecular flexibility index (Phi) is 8.06. The molecule has 0 aromatic heterocycles. The van der Waals surface area contributed by atoms with Gasteiger partial charge in [-0.25, -0.2) is 5.01 Å². The Morgan fingerprint density at radius 3 is 2.03 bits per heavy atom. The number of hydrogen-bond acceptors (Lipinski definition) is 4. The number of benzene rings is 2. The first kappa shape index (κ1) is 26.0. The highest BCUT2D eigenvalue weighted by atomic mass is 35.5. The summed E-state index contributed by atoms with van der Waals surface area (Å²) in [5.74, 6) is -3.24. The van der Waals surface area contributed by atoms with Crippen molar-refractivity contribution in [3.05, 3.63) is 68.7 Å². The van der Waals surface area contributed by atoms with Crippen molar-refractivity contribution in [1.29, 1.82) is 0 Å². The molecule has 2 aliphatic rings. The lowest BCUT2D eigenvalue weighted by molar-refractivity contribution is -0.156. The second-order valence-corrected chi connectivity index (χ2v) is 10.3. The number of ketones is 1. The highest BCUT2D eigenvalue weighted by Crippen LogP contribution is 2.40. The van der Waals surface area contributed by atoms with Crippen LogP contribution in [0.4, 0.5) is 0 Å². The summed E-state index contributed by atoms with van der Waals surface area (Å²) in [7, 11) is 0. The number of hydrazine groups is 1. The summed E-state index contributed by atoms with van der Waals surface area (Å²) in [6, 6.07) is 9.20. The molecule has 10 heteroatoms. The zero-order valence-corrected chi connectivity index (χ0v) is 21.6. The fourth-order valence-corrected chi connectivity index (χ4v) is 5.61. The minimum Gasteiger partial charge on any atom is -0.292 e. The van der Waals surface area contributed by atoms with Crippen LogP contribution in [0.15, 0.2) is 42.5 Å².